The Morgan fingerprint density at radius 3 is 2.71 bits per heavy atom. The van der Waals surface area contributed by atoms with Crippen LogP contribution in [0.3, 0.4) is 0 Å². The summed E-state index contributed by atoms with van der Waals surface area (Å²) in [5.41, 5.74) is 5.73. The largest absolute Gasteiger partial charge is 0.343 e. The Kier molecular flexibility index (Phi) is 4.74. The quantitative estimate of drug-likeness (QED) is 0.875. The van der Waals surface area contributed by atoms with Crippen LogP contribution in [0, 0.1) is 0 Å². The van der Waals surface area contributed by atoms with Crippen LogP contribution in [0.15, 0.2) is 0 Å². The van der Waals surface area contributed by atoms with Gasteiger partial charge in [-0.15, -0.1) is 0 Å². The van der Waals surface area contributed by atoms with E-state index in [4.69, 9.17) is 5.73 Å². The van der Waals surface area contributed by atoms with E-state index in [2.05, 4.69) is 21.2 Å². The van der Waals surface area contributed by atoms with Gasteiger partial charge in [0, 0.05) is 37.1 Å². The Morgan fingerprint density at radius 2 is 2.12 bits per heavy atom. The summed E-state index contributed by atoms with van der Waals surface area (Å²) in [6, 6.07) is 0.630. The summed E-state index contributed by atoms with van der Waals surface area (Å²) < 4.78 is 4.38. The number of aromatic nitrogens is 2. The standard InChI is InChI=1S/C12H22N4S/c1-2-11-14-12(17-15-11)16(9-8-13)10-6-4-3-5-7-10/h10H,2-9,13H2,1H3. The first-order valence-corrected chi connectivity index (χ1v) is 7.41. The van der Waals surface area contributed by atoms with Crippen LogP contribution in [-0.4, -0.2) is 28.5 Å². The Morgan fingerprint density at radius 1 is 1.35 bits per heavy atom. The fourth-order valence-electron chi connectivity index (χ4n) is 2.47. The summed E-state index contributed by atoms with van der Waals surface area (Å²) >= 11 is 1.53. The summed E-state index contributed by atoms with van der Waals surface area (Å²) in [4.78, 5) is 6.99. The highest BCUT2D eigenvalue weighted by Gasteiger charge is 2.23. The van der Waals surface area contributed by atoms with Crippen LogP contribution in [-0.2, 0) is 6.42 Å². The van der Waals surface area contributed by atoms with Crippen molar-refractivity contribution in [1.29, 1.82) is 0 Å². The fourth-order valence-corrected chi connectivity index (χ4v) is 3.32. The third kappa shape index (κ3) is 3.16. The maximum atomic E-state index is 5.73. The minimum absolute atomic E-state index is 0.630. The van der Waals surface area contributed by atoms with Gasteiger partial charge in [-0.3, -0.25) is 0 Å². The average molecular weight is 254 g/mol. The maximum Gasteiger partial charge on any atom is 0.205 e. The lowest BCUT2D eigenvalue weighted by Crippen LogP contribution is -2.40. The van der Waals surface area contributed by atoms with Crippen molar-refractivity contribution in [3.05, 3.63) is 5.82 Å². The van der Waals surface area contributed by atoms with Gasteiger partial charge in [0.2, 0.25) is 5.13 Å². The fraction of sp³-hybridized carbons (Fsp3) is 0.833. The van der Waals surface area contributed by atoms with E-state index in [9.17, 15) is 0 Å². The molecule has 4 nitrogen and oxygen atoms in total. The van der Waals surface area contributed by atoms with Crippen molar-refractivity contribution in [2.45, 2.75) is 51.5 Å². The Hall–Kier alpha value is -0.680. The number of aryl methyl sites for hydroxylation is 1. The first-order chi connectivity index (χ1) is 8.35. The lowest BCUT2D eigenvalue weighted by Gasteiger charge is -2.33. The number of nitrogens with two attached hydrogens (primary N) is 1. The molecule has 0 amide bonds. The van der Waals surface area contributed by atoms with E-state index in [0.717, 1.165) is 23.9 Å². The molecule has 0 bridgehead atoms. The smallest absolute Gasteiger partial charge is 0.205 e. The van der Waals surface area contributed by atoms with Gasteiger partial charge in [0.25, 0.3) is 0 Å². The predicted octanol–water partition coefficient (Wildman–Crippen LogP) is 2.20. The van der Waals surface area contributed by atoms with E-state index < -0.39 is 0 Å². The number of hydrogen-bond acceptors (Lipinski definition) is 5. The molecule has 1 saturated carbocycles. The van der Waals surface area contributed by atoms with E-state index >= 15 is 0 Å². The van der Waals surface area contributed by atoms with Crippen LogP contribution < -0.4 is 10.6 Å². The lowest BCUT2D eigenvalue weighted by atomic mass is 9.94. The molecule has 0 unspecified atom stereocenters. The van der Waals surface area contributed by atoms with E-state index in [-0.39, 0.29) is 0 Å². The van der Waals surface area contributed by atoms with Gasteiger partial charge >= 0.3 is 0 Å². The Labute approximate surface area is 107 Å². The van der Waals surface area contributed by atoms with Gasteiger partial charge in [-0.25, -0.2) is 4.98 Å². The number of rotatable bonds is 5. The molecule has 96 valence electrons. The highest BCUT2D eigenvalue weighted by Crippen LogP contribution is 2.28. The van der Waals surface area contributed by atoms with Crippen molar-refractivity contribution in [3.8, 4) is 0 Å². The maximum absolute atomic E-state index is 5.73. The van der Waals surface area contributed by atoms with Gasteiger partial charge in [0.05, 0.1) is 0 Å². The first kappa shape index (κ1) is 12.8. The van der Waals surface area contributed by atoms with Gasteiger partial charge in [-0.2, -0.15) is 4.37 Å². The highest BCUT2D eigenvalue weighted by molar-refractivity contribution is 7.09. The number of anilines is 1. The minimum Gasteiger partial charge on any atom is -0.343 e. The molecule has 5 heteroatoms. The third-order valence-electron chi connectivity index (χ3n) is 3.40. The van der Waals surface area contributed by atoms with Crippen LogP contribution in [0.4, 0.5) is 5.13 Å². The minimum atomic E-state index is 0.630. The van der Waals surface area contributed by atoms with Crippen molar-refractivity contribution in [2.24, 2.45) is 5.73 Å². The van der Waals surface area contributed by atoms with Crippen LogP contribution in [0.2, 0.25) is 0 Å². The van der Waals surface area contributed by atoms with Crippen LogP contribution in [0.1, 0.15) is 44.9 Å². The molecule has 1 aliphatic rings. The zero-order chi connectivity index (χ0) is 12.1. The van der Waals surface area contributed by atoms with E-state index in [1.807, 2.05) is 0 Å². The van der Waals surface area contributed by atoms with Crippen LogP contribution >= 0.6 is 11.5 Å². The topological polar surface area (TPSA) is 55.0 Å². The molecule has 2 N–H and O–H groups in total. The van der Waals surface area contributed by atoms with Crippen molar-refractivity contribution in [2.75, 3.05) is 18.0 Å². The second kappa shape index (κ2) is 6.31. The molecule has 0 spiro atoms. The van der Waals surface area contributed by atoms with Gasteiger partial charge < -0.3 is 10.6 Å². The Balaban J connectivity index is 2.09. The molecule has 1 aromatic rings. The zero-order valence-electron chi connectivity index (χ0n) is 10.6. The second-order valence-electron chi connectivity index (χ2n) is 4.62. The van der Waals surface area contributed by atoms with Crippen molar-refractivity contribution >= 4 is 16.7 Å². The third-order valence-corrected chi connectivity index (χ3v) is 4.20. The molecule has 0 aromatic carbocycles. The molecule has 1 aliphatic carbocycles. The zero-order valence-corrected chi connectivity index (χ0v) is 11.4. The molecule has 2 rings (SSSR count). The van der Waals surface area contributed by atoms with Gasteiger partial charge in [0.1, 0.15) is 5.82 Å². The molecule has 17 heavy (non-hydrogen) atoms. The summed E-state index contributed by atoms with van der Waals surface area (Å²) in [7, 11) is 0. The van der Waals surface area contributed by atoms with E-state index in [1.54, 1.807) is 0 Å². The molecular formula is C12H22N4S. The van der Waals surface area contributed by atoms with Gasteiger partial charge in [-0.05, 0) is 12.8 Å². The summed E-state index contributed by atoms with van der Waals surface area (Å²) in [6.07, 6.45) is 7.53. The van der Waals surface area contributed by atoms with Crippen LogP contribution in [0.25, 0.3) is 0 Å². The summed E-state index contributed by atoms with van der Waals surface area (Å²) in [6.45, 7) is 3.69. The monoisotopic (exact) mass is 254 g/mol. The summed E-state index contributed by atoms with van der Waals surface area (Å²) in [5, 5.41) is 1.07. The van der Waals surface area contributed by atoms with Crippen molar-refractivity contribution in [3.63, 3.8) is 0 Å². The van der Waals surface area contributed by atoms with Crippen LogP contribution in [0.5, 0.6) is 0 Å². The molecule has 1 heterocycles. The van der Waals surface area contributed by atoms with Crippen molar-refractivity contribution < 1.29 is 0 Å². The molecule has 0 saturated heterocycles. The molecular weight excluding hydrogens is 232 g/mol. The average Bonchev–Trinajstić information content (AvgIpc) is 2.85. The lowest BCUT2D eigenvalue weighted by molar-refractivity contribution is 0.415. The van der Waals surface area contributed by atoms with E-state index in [0.29, 0.717) is 12.6 Å². The predicted molar refractivity (Wildman–Crippen MR) is 72.6 cm³/mol. The molecule has 0 atom stereocenters. The van der Waals surface area contributed by atoms with E-state index in [1.165, 1.54) is 43.6 Å². The molecule has 0 radical (unpaired) electrons. The molecule has 1 aromatic heterocycles. The van der Waals surface area contributed by atoms with Crippen molar-refractivity contribution in [1.82, 2.24) is 9.36 Å². The number of hydrogen-bond donors (Lipinski definition) is 1. The Bertz CT molecular complexity index is 333. The summed E-state index contributed by atoms with van der Waals surface area (Å²) in [5.74, 6) is 0.961. The van der Waals surface area contributed by atoms with Gasteiger partial charge in [-0.1, -0.05) is 26.2 Å². The molecule has 0 aliphatic heterocycles. The first-order valence-electron chi connectivity index (χ1n) is 6.64. The normalized spacial score (nSPS) is 17.3. The highest BCUT2D eigenvalue weighted by atomic mass is 32.1. The molecule has 1 fully saturated rings. The second-order valence-corrected chi connectivity index (χ2v) is 5.35. The van der Waals surface area contributed by atoms with Gasteiger partial charge in [0.15, 0.2) is 0 Å². The number of nitrogens with zero attached hydrogens (tertiary/aromatic N) is 3. The SMILES string of the molecule is CCc1nsc(N(CCN)C2CCCCC2)n1.